The maximum Gasteiger partial charge on any atom is 0.306 e. The fourth-order valence-electron chi connectivity index (χ4n) is 14.4. The Bertz CT molecular complexity index is 1550. The summed E-state index contributed by atoms with van der Waals surface area (Å²) in [6.45, 7) is 23.8. The van der Waals surface area contributed by atoms with Crippen LogP contribution in [0.3, 0.4) is 0 Å². The number of nitrogens with one attached hydrogen (secondary N) is 1. The summed E-state index contributed by atoms with van der Waals surface area (Å²) in [5.74, 6) is 1.74. The van der Waals surface area contributed by atoms with Crippen LogP contribution in [0.25, 0.3) is 0 Å². The molecule has 0 bridgehead atoms. The van der Waals surface area contributed by atoms with Gasteiger partial charge in [0.2, 0.25) is 5.91 Å². The maximum atomic E-state index is 13.7. The van der Waals surface area contributed by atoms with E-state index in [1.54, 1.807) is 0 Å². The topological polar surface area (TPSA) is 92.7 Å². The first kappa shape index (κ1) is 40.0. The minimum absolute atomic E-state index is 0.0473. The number of carboxylic acids is 1. The summed E-state index contributed by atoms with van der Waals surface area (Å²) in [4.78, 5) is 38.4. The number of fused-ring (bicyclic) bond motifs is 7. The fourth-order valence-corrected chi connectivity index (χ4v) is 14.4. The highest BCUT2D eigenvalue weighted by Crippen LogP contribution is 2.78. The highest BCUT2D eigenvalue weighted by atomic mass is 16.5. The van der Waals surface area contributed by atoms with Crippen LogP contribution < -0.4 is 5.32 Å². The summed E-state index contributed by atoms with van der Waals surface area (Å²) >= 11 is 0. The van der Waals surface area contributed by atoms with Gasteiger partial charge in [-0.3, -0.25) is 14.4 Å². The van der Waals surface area contributed by atoms with Crippen molar-refractivity contribution in [2.24, 2.45) is 62.1 Å². The average Bonchev–Trinajstić information content (AvgIpc) is 3.44. The Kier molecular flexibility index (Phi) is 10.9. The van der Waals surface area contributed by atoms with Crippen LogP contribution in [0.1, 0.15) is 151 Å². The number of ether oxygens (including phenoxy) is 1. The van der Waals surface area contributed by atoms with E-state index in [1.807, 2.05) is 13.8 Å². The van der Waals surface area contributed by atoms with Crippen molar-refractivity contribution in [2.75, 3.05) is 6.54 Å². The highest BCUT2D eigenvalue weighted by Gasteiger charge is 2.71. The molecule has 5 aliphatic rings. The minimum Gasteiger partial charge on any atom is -0.481 e. The van der Waals surface area contributed by atoms with Crippen molar-refractivity contribution >= 4 is 17.8 Å². The van der Waals surface area contributed by atoms with Gasteiger partial charge in [0, 0.05) is 18.4 Å². The van der Waals surface area contributed by atoms with Gasteiger partial charge in [0.1, 0.15) is 6.10 Å². The molecule has 0 radical (unpaired) electrons. The lowest BCUT2D eigenvalue weighted by molar-refractivity contribution is -0.250. The van der Waals surface area contributed by atoms with E-state index in [0.717, 1.165) is 57.9 Å². The Morgan fingerprint density at radius 1 is 0.868 bits per heavy atom. The van der Waals surface area contributed by atoms with Crippen molar-refractivity contribution < 1.29 is 24.2 Å². The van der Waals surface area contributed by atoms with Crippen LogP contribution in [0, 0.1) is 62.1 Å². The number of aryl methyl sites for hydroxylation is 1. The second-order valence-corrected chi connectivity index (χ2v) is 20.9. The molecule has 5 saturated carbocycles. The van der Waals surface area contributed by atoms with Crippen LogP contribution in [0.15, 0.2) is 42.5 Å². The number of esters is 1. The van der Waals surface area contributed by atoms with Gasteiger partial charge in [-0.2, -0.15) is 0 Å². The van der Waals surface area contributed by atoms with E-state index in [2.05, 4.69) is 83.8 Å². The van der Waals surface area contributed by atoms with Crippen molar-refractivity contribution in [3.8, 4) is 0 Å². The smallest absolute Gasteiger partial charge is 0.306 e. The molecule has 0 aliphatic heterocycles. The van der Waals surface area contributed by atoms with E-state index in [1.165, 1.54) is 36.8 Å². The zero-order valence-electron chi connectivity index (χ0n) is 34.5. The molecule has 1 aromatic carbocycles. The first-order valence-electron chi connectivity index (χ1n) is 21.2. The Hall–Kier alpha value is -2.63. The molecule has 0 unspecified atom stereocenters. The summed E-state index contributed by atoms with van der Waals surface area (Å²) in [6.07, 6.45) is 13.9. The molecule has 5 fully saturated rings. The standard InChI is InChI=1S/C47H71NO5/c1-31(2)33-19-24-47(28-38(49)48-27-13-16-32-14-11-10-12-15-32)26-25-45(8)34(41(33)47)17-18-36-44(7)22-21-37(43(5,6)35(44)20-23-46(36,45)9)53-40(52)30-42(3,4)29-39(50)51/h10-12,14-15,33-37,41H,1,13,16-30H2,2-9H3,(H,48,49)(H,50,51)/t33-,34+,35-,36+,37-,41+,44-,45+,46+,47+/m0/s1. The van der Waals surface area contributed by atoms with Crippen molar-refractivity contribution in [1.29, 1.82) is 0 Å². The van der Waals surface area contributed by atoms with Gasteiger partial charge in [0.25, 0.3) is 0 Å². The third-order valence-corrected chi connectivity index (χ3v) is 17.0. The average molecular weight is 730 g/mol. The number of hydrogen-bond donors (Lipinski definition) is 2. The van der Waals surface area contributed by atoms with Crippen LogP contribution in [0.2, 0.25) is 0 Å². The number of rotatable bonds is 12. The molecular formula is C47H71NO5. The summed E-state index contributed by atoms with van der Waals surface area (Å²) in [5, 5.41) is 12.7. The van der Waals surface area contributed by atoms with Crippen LogP contribution >= 0.6 is 0 Å². The molecule has 5 aliphatic carbocycles. The van der Waals surface area contributed by atoms with Gasteiger partial charge >= 0.3 is 11.9 Å². The molecular weight excluding hydrogens is 659 g/mol. The maximum absolute atomic E-state index is 13.7. The molecule has 1 aromatic rings. The Morgan fingerprint density at radius 3 is 2.26 bits per heavy atom. The zero-order valence-corrected chi connectivity index (χ0v) is 34.5. The number of carbonyl (C=O) groups excluding carboxylic acids is 2. The number of carbonyl (C=O) groups is 3. The Balaban J connectivity index is 1.17. The van der Waals surface area contributed by atoms with Crippen LogP contribution in [0.4, 0.5) is 0 Å². The summed E-state index contributed by atoms with van der Waals surface area (Å²) in [7, 11) is 0. The van der Waals surface area contributed by atoms with E-state index in [-0.39, 0.29) is 57.9 Å². The molecule has 0 spiro atoms. The lowest BCUT2D eigenvalue weighted by Gasteiger charge is -2.73. The highest BCUT2D eigenvalue weighted by molar-refractivity contribution is 5.77. The van der Waals surface area contributed by atoms with Crippen LogP contribution in [-0.2, 0) is 25.5 Å². The fraction of sp³-hybridized carbons (Fsp3) is 0.766. The number of hydrogen-bond acceptors (Lipinski definition) is 4. The molecule has 2 N–H and O–H groups in total. The monoisotopic (exact) mass is 730 g/mol. The van der Waals surface area contributed by atoms with Gasteiger partial charge < -0.3 is 15.2 Å². The summed E-state index contributed by atoms with van der Waals surface area (Å²) in [5.41, 5.74) is 2.47. The number of aliphatic carboxylic acids is 1. The number of amides is 1. The van der Waals surface area contributed by atoms with Gasteiger partial charge in [-0.1, -0.05) is 91.0 Å². The number of carboxylic acid groups (broad SMARTS) is 1. The number of benzene rings is 1. The molecule has 0 saturated heterocycles. The zero-order chi connectivity index (χ0) is 38.6. The lowest BCUT2D eigenvalue weighted by Crippen LogP contribution is -2.67. The Morgan fingerprint density at radius 2 is 1.58 bits per heavy atom. The van der Waals surface area contributed by atoms with Gasteiger partial charge in [-0.25, -0.2) is 0 Å². The predicted octanol–water partition coefficient (Wildman–Crippen LogP) is 10.6. The molecule has 53 heavy (non-hydrogen) atoms. The van der Waals surface area contributed by atoms with Crippen molar-refractivity contribution in [3.63, 3.8) is 0 Å². The van der Waals surface area contributed by atoms with Gasteiger partial charge in [-0.05, 0) is 146 Å². The third kappa shape index (κ3) is 7.16. The molecule has 1 amide bonds. The second kappa shape index (κ2) is 14.5. The molecule has 294 valence electrons. The first-order chi connectivity index (χ1) is 24.8. The van der Waals surface area contributed by atoms with Crippen LogP contribution in [-0.4, -0.2) is 35.6 Å². The van der Waals surface area contributed by atoms with Gasteiger partial charge in [0.15, 0.2) is 0 Å². The molecule has 0 aromatic heterocycles. The van der Waals surface area contributed by atoms with Crippen molar-refractivity contribution in [3.05, 3.63) is 48.0 Å². The van der Waals surface area contributed by atoms with E-state index >= 15 is 0 Å². The summed E-state index contributed by atoms with van der Waals surface area (Å²) in [6, 6.07) is 10.6. The van der Waals surface area contributed by atoms with E-state index in [9.17, 15) is 19.5 Å². The predicted molar refractivity (Wildman–Crippen MR) is 212 cm³/mol. The summed E-state index contributed by atoms with van der Waals surface area (Å²) < 4.78 is 6.29. The number of allylic oxidation sites excluding steroid dienone is 1. The van der Waals surface area contributed by atoms with Crippen molar-refractivity contribution in [1.82, 2.24) is 5.32 Å². The van der Waals surface area contributed by atoms with Crippen molar-refractivity contribution in [2.45, 2.75) is 158 Å². The molecule has 6 nitrogen and oxygen atoms in total. The van der Waals surface area contributed by atoms with E-state index < -0.39 is 11.4 Å². The quantitative estimate of drug-likeness (QED) is 0.127. The van der Waals surface area contributed by atoms with Gasteiger partial charge in [0.05, 0.1) is 12.8 Å². The molecule has 6 heteroatoms. The molecule has 6 rings (SSSR count). The minimum atomic E-state index is -0.882. The molecule has 10 atom stereocenters. The first-order valence-corrected chi connectivity index (χ1v) is 21.2. The Labute approximate surface area is 321 Å². The van der Waals surface area contributed by atoms with E-state index in [4.69, 9.17) is 4.74 Å². The van der Waals surface area contributed by atoms with E-state index in [0.29, 0.717) is 36.0 Å². The van der Waals surface area contributed by atoms with Crippen LogP contribution in [0.5, 0.6) is 0 Å². The molecule has 0 heterocycles. The second-order valence-electron chi connectivity index (χ2n) is 20.9. The normalized spacial score (nSPS) is 38.7. The SMILES string of the molecule is C=C(C)[C@@H]1CC[C@]2(CC(=O)NCCCc3ccccc3)CC[C@]3(C)[C@H](CC[C@@H]4[C@@]5(C)CC[C@H](OC(=O)CC(C)(C)CC(=O)O)C(C)(C)[C@@H]5CC[C@]43C)[C@@H]12. The lowest BCUT2D eigenvalue weighted by atomic mass is 9.32. The van der Waals surface area contributed by atoms with Gasteiger partial charge in [-0.15, -0.1) is 0 Å². The third-order valence-electron chi connectivity index (χ3n) is 17.0. The largest absolute Gasteiger partial charge is 0.481 e.